The highest BCUT2D eigenvalue weighted by Gasteiger charge is 2.22. The molecule has 1 aromatic carbocycles. The molecule has 0 aliphatic heterocycles. The third-order valence-corrected chi connectivity index (χ3v) is 2.90. The molecule has 0 bridgehead atoms. The summed E-state index contributed by atoms with van der Waals surface area (Å²) in [6.45, 7) is 5.83. The summed E-state index contributed by atoms with van der Waals surface area (Å²) >= 11 is 0. The number of hydrogen-bond donors (Lipinski definition) is 1. The van der Waals surface area contributed by atoms with Gasteiger partial charge in [0.15, 0.2) is 6.10 Å². The summed E-state index contributed by atoms with van der Waals surface area (Å²) < 4.78 is 16.0. The average molecular weight is 281 g/mol. The number of carbonyl (C=O) groups excluding carboxylic acids is 1. The minimum absolute atomic E-state index is 0.199. The van der Waals surface area contributed by atoms with E-state index in [-0.39, 0.29) is 12.0 Å². The zero-order valence-electron chi connectivity index (χ0n) is 12.5. The van der Waals surface area contributed by atoms with Gasteiger partial charge in [0.05, 0.1) is 13.7 Å². The highest BCUT2D eigenvalue weighted by Crippen LogP contribution is 2.29. The summed E-state index contributed by atoms with van der Waals surface area (Å²) in [6, 6.07) is 5.20. The van der Waals surface area contributed by atoms with Gasteiger partial charge in [0.2, 0.25) is 0 Å². The van der Waals surface area contributed by atoms with Crippen molar-refractivity contribution in [3.8, 4) is 11.5 Å². The molecule has 20 heavy (non-hydrogen) atoms. The number of carbonyl (C=O) groups is 1. The van der Waals surface area contributed by atoms with Crippen LogP contribution in [0.25, 0.3) is 0 Å². The Morgan fingerprint density at radius 3 is 2.55 bits per heavy atom. The van der Waals surface area contributed by atoms with E-state index in [2.05, 4.69) is 0 Å². The minimum atomic E-state index is -0.639. The van der Waals surface area contributed by atoms with Gasteiger partial charge in [-0.25, -0.2) is 4.79 Å². The van der Waals surface area contributed by atoms with Crippen LogP contribution in [0.2, 0.25) is 0 Å². The summed E-state index contributed by atoms with van der Waals surface area (Å²) in [5.74, 6) is 0.843. The standard InChI is InChI=1S/C15H23NO4/c1-5-13(15(17)19-6-2)20-14-9-11(18-4)7-8-12(14)10(3)16/h7-10,13H,5-6,16H2,1-4H3/t10-,13?/m0/s1. The predicted molar refractivity (Wildman–Crippen MR) is 76.9 cm³/mol. The molecule has 0 amide bonds. The molecule has 0 saturated heterocycles. The number of hydrogen-bond acceptors (Lipinski definition) is 5. The zero-order chi connectivity index (χ0) is 15.1. The van der Waals surface area contributed by atoms with Crippen molar-refractivity contribution < 1.29 is 19.0 Å². The van der Waals surface area contributed by atoms with Gasteiger partial charge in [0, 0.05) is 17.7 Å². The van der Waals surface area contributed by atoms with Crippen molar-refractivity contribution >= 4 is 5.97 Å². The molecule has 0 aromatic heterocycles. The fourth-order valence-electron chi connectivity index (χ4n) is 1.81. The maximum absolute atomic E-state index is 11.8. The van der Waals surface area contributed by atoms with Gasteiger partial charge in [0.1, 0.15) is 11.5 Å². The van der Waals surface area contributed by atoms with Crippen LogP contribution in [0.3, 0.4) is 0 Å². The van der Waals surface area contributed by atoms with E-state index in [1.54, 1.807) is 20.1 Å². The van der Waals surface area contributed by atoms with Crippen LogP contribution in [0.5, 0.6) is 11.5 Å². The van der Waals surface area contributed by atoms with Crippen LogP contribution in [0.1, 0.15) is 38.8 Å². The first-order valence-corrected chi connectivity index (χ1v) is 6.80. The number of rotatable bonds is 7. The van der Waals surface area contributed by atoms with Crippen LogP contribution in [-0.4, -0.2) is 25.8 Å². The monoisotopic (exact) mass is 281 g/mol. The number of methoxy groups -OCH3 is 1. The Morgan fingerprint density at radius 2 is 2.05 bits per heavy atom. The summed E-state index contributed by atoms with van der Waals surface area (Å²) in [5.41, 5.74) is 6.75. The van der Waals surface area contributed by atoms with E-state index in [0.717, 1.165) is 5.56 Å². The normalized spacial score (nSPS) is 13.4. The largest absolute Gasteiger partial charge is 0.497 e. The first kappa shape index (κ1) is 16.3. The molecule has 0 aliphatic carbocycles. The summed E-state index contributed by atoms with van der Waals surface area (Å²) in [7, 11) is 1.58. The second-order valence-electron chi connectivity index (χ2n) is 4.46. The second-order valence-corrected chi connectivity index (χ2v) is 4.46. The molecule has 5 nitrogen and oxygen atoms in total. The molecule has 0 aliphatic rings. The van der Waals surface area contributed by atoms with E-state index >= 15 is 0 Å². The van der Waals surface area contributed by atoms with Crippen LogP contribution in [0, 0.1) is 0 Å². The van der Waals surface area contributed by atoms with Gasteiger partial charge < -0.3 is 19.9 Å². The van der Waals surface area contributed by atoms with E-state index in [1.165, 1.54) is 0 Å². The number of ether oxygens (including phenoxy) is 3. The first-order valence-electron chi connectivity index (χ1n) is 6.80. The van der Waals surface area contributed by atoms with Gasteiger partial charge in [-0.2, -0.15) is 0 Å². The predicted octanol–water partition coefficient (Wildman–Crippen LogP) is 2.44. The Labute approximate surface area is 120 Å². The summed E-state index contributed by atoms with van der Waals surface area (Å²) in [4.78, 5) is 11.8. The molecule has 2 N–H and O–H groups in total. The van der Waals surface area contributed by atoms with Gasteiger partial charge in [-0.05, 0) is 26.3 Å². The minimum Gasteiger partial charge on any atom is -0.497 e. The van der Waals surface area contributed by atoms with Crippen molar-refractivity contribution in [3.63, 3.8) is 0 Å². The van der Waals surface area contributed by atoms with E-state index in [4.69, 9.17) is 19.9 Å². The zero-order valence-corrected chi connectivity index (χ0v) is 12.5. The van der Waals surface area contributed by atoms with Crippen molar-refractivity contribution in [3.05, 3.63) is 23.8 Å². The van der Waals surface area contributed by atoms with E-state index in [9.17, 15) is 4.79 Å². The molecular weight excluding hydrogens is 258 g/mol. The quantitative estimate of drug-likeness (QED) is 0.777. The Morgan fingerprint density at radius 1 is 1.35 bits per heavy atom. The molecular formula is C15H23NO4. The SMILES string of the molecule is CCOC(=O)C(CC)Oc1cc(OC)ccc1[C@H](C)N. The maximum atomic E-state index is 11.8. The molecule has 0 spiro atoms. The molecule has 0 radical (unpaired) electrons. The first-order chi connectivity index (χ1) is 9.53. The number of benzene rings is 1. The van der Waals surface area contributed by atoms with Crippen molar-refractivity contribution in [2.75, 3.05) is 13.7 Å². The van der Waals surface area contributed by atoms with Gasteiger partial charge in [-0.3, -0.25) is 0 Å². The van der Waals surface area contributed by atoms with Crippen molar-refractivity contribution in [1.82, 2.24) is 0 Å². The molecule has 112 valence electrons. The van der Waals surface area contributed by atoms with Crippen LogP contribution in [-0.2, 0) is 9.53 Å². The third-order valence-electron chi connectivity index (χ3n) is 2.90. The Kier molecular flexibility index (Phi) is 6.31. The fraction of sp³-hybridized carbons (Fsp3) is 0.533. The Balaban J connectivity index is 3.00. The van der Waals surface area contributed by atoms with Gasteiger partial charge >= 0.3 is 5.97 Å². The van der Waals surface area contributed by atoms with E-state index < -0.39 is 6.10 Å². The van der Waals surface area contributed by atoms with Crippen molar-refractivity contribution in [2.24, 2.45) is 5.73 Å². The molecule has 0 fully saturated rings. The number of esters is 1. The third kappa shape index (κ3) is 4.13. The highest BCUT2D eigenvalue weighted by molar-refractivity contribution is 5.75. The molecule has 2 atom stereocenters. The molecule has 1 unspecified atom stereocenters. The van der Waals surface area contributed by atoms with E-state index in [0.29, 0.717) is 24.5 Å². The van der Waals surface area contributed by atoms with Crippen LogP contribution < -0.4 is 15.2 Å². The molecule has 1 rings (SSSR count). The Hall–Kier alpha value is -1.75. The lowest BCUT2D eigenvalue weighted by molar-refractivity contribution is -0.151. The summed E-state index contributed by atoms with van der Waals surface area (Å²) in [6.07, 6.45) is -0.117. The Bertz CT molecular complexity index is 445. The van der Waals surface area contributed by atoms with Crippen LogP contribution in [0.15, 0.2) is 18.2 Å². The highest BCUT2D eigenvalue weighted by atomic mass is 16.6. The topological polar surface area (TPSA) is 70.8 Å². The smallest absolute Gasteiger partial charge is 0.347 e. The maximum Gasteiger partial charge on any atom is 0.347 e. The number of nitrogens with two attached hydrogens (primary N) is 1. The van der Waals surface area contributed by atoms with Gasteiger partial charge in [-0.15, -0.1) is 0 Å². The molecule has 5 heteroatoms. The lowest BCUT2D eigenvalue weighted by Crippen LogP contribution is -2.29. The lowest BCUT2D eigenvalue weighted by Gasteiger charge is -2.20. The van der Waals surface area contributed by atoms with Crippen molar-refractivity contribution in [2.45, 2.75) is 39.3 Å². The van der Waals surface area contributed by atoms with Gasteiger partial charge in [0.25, 0.3) is 0 Å². The average Bonchev–Trinajstić information content (AvgIpc) is 2.44. The molecule has 0 saturated carbocycles. The van der Waals surface area contributed by atoms with Crippen LogP contribution in [0.4, 0.5) is 0 Å². The fourth-order valence-corrected chi connectivity index (χ4v) is 1.81. The summed E-state index contributed by atoms with van der Waals surface area (Å²) in [5, 5.41) is 0. The lowest BCUT2D eigenvalue weighted by atomic mass is 10.1. The second kappa shape index (κ2) is 7.75. The molecule has 0 heterocycles. The van der Waals surface area contributed by atoms with Crippen LogP contribution >= 0.6 is 0 Å². The van der Waals surface area contributed by atoms with Gasteiger partial charge in [-0.1, -0.05) is 13.0 Å². The molecule has 1 aromatic rings. The van der Waals surface area contributed by atoms with Crippen molar-refractivity contribution in [1.29, 1.82) is 0 Å². The van der Waals surface area contributed by atoms with E-state index in [1.807, 2.05) is 26.0 Å².